The van der Waals surface area contributed by atoms with Gasteiger partial charge in [0, 0.05) is 12.0 Å². The lowest BCUT2D eigenvalue weighted by Gasteiger charge is -2.24. The van der Waals surface area contributed by atoms with E-state index in [4.69, 9.17) is 14.0 Å². The first-order valence-electron chi connectivity index (χ1n) is 14.1. The number of aliphatic imine (C=N–C) groups is 1. The Bertz CT molecular complexity index is 1320. The molecule has 1 fully saturated rings. The molecule has 244 valence electrons. The summed E-state index contributed by atoms with van der Waals surface area (Å²) in [5, 5.41) is 14.7. The molecule has 0 radical (unpaired) electrons. The highest BCUT2D eigenvalue weighted by Crippen LogP contribution is 2.42. The van der Waals surface area contributed by atoms with Gasteiger partial charge in [-0.15, -0.1) is 4.99 Å². The van der Waals surface area contributed by atoms with Gasteiger partial charge in [-0.2, -0.15) is 18.2 Å². The molecule has 0 aliphatic carbocycles. The standard InChI is InChI=1S/C28H36F5N5O6/c1-5-6-7-8-9-10-13-42-20-12-11-17(14-18(20)28(31,32)33)21-34-22(44-37-21)19-15-27(29,30)16-38(19)23(35-24(39)40)36-25(41)43-26(2,3)4/h11-12,14,19H,5-10,13,15-16H2,1-4H3,(H,39,40)(H,35,36,41)/t19-/m0/s1. The van der Waals surface area contributed by atoms with E-state index in [2.05, 4.69) is 22.1 Å². The van der Waals surface area contributed by atoms with Crippen LogP contribution in [0.3, 0.4) is 0 Å². The van der Waals surface area contributed by atoms with Gasteiger partial charge in [0.2, 0.25) is 17.7 Å². The van der Waals surface area contributed by atoms with E-state index in [1.54, 1.807) is 0 Å². The van der Waals surface area contributed by atoms with Crippen molar-refractivity contribution < 1.29 is 50.6 Å². The Morgan fingerprint density at radius 1 is 1.16 bits per heavy atom. The first-order chi connectivity index (χ1) is 20.5. The molecule has 0 unspecified atom stereocenters. The molecule has 1 aliphatic rings. The van der Waals surface area contributed by atoms with Crippen molar-refractivity contribution in [1.82, 2.24) is 20.4 Å². The Balaban J connectivity index is 1.86. The average Bonchev–Trinajstić information content (AvgIpc) is 3.50. The molecule has 0 saturated carbocycles. The molecule has 2 heterocycles. The molecular weight excluding hydrogens is 597 g/mol. The zero-order valence-electron chi connectivity index (χ0n) is 24.8. The number of amides is 2. The van der Waals surface area contributed by atoms with E-state index in [9.17, 15) is 36.6 Å². The maximum Gasteiger partial charge on any atom is 0.437 e. The van der Waals surface area contributed by atoms with Crippen LogP contribution in [0.4, 0.5) is 31.5 Å². The minimum absolute atomic E-state index is 0.101. The second kappa shape index (κ2) is 14.2. The fraction of sp³-hybridized carbons (Fsp3) is 0.607. The summed E-state index contributed by atoms with van der Waals surface area (Å²) < 4.78 is 86.5. The number of hydrogen-bond acceptors (Lipinski definition) is 7. The highest BCUT2D eigenvalue weighted by molar-refractivity contribution is 5.98. The maximum atomic E-state index is 14.6. The van der Waals surface area contributed by atoms with Crippen LogP contribution in [0.1, 0.15) is 90.1 Å². The molecule has 0 bridgehead atoms. The quantitative estimate of drug-likeness (QED) is 0.118. The average molecular weight is 634 g/mol. The van der Waals surface area contributed by atoms with Crippen molar-refractivity contribution >= 4 is 18.1 Å². The summed E-state index contributed by atoms with van der Waals surface area (Å²) in [5.74, 6) is -5.35. The van der Waals surface area contributed by atoms with Gasteiger partial charge in [-0.05, 0) is 45.4 Å². The Kier molecular flexibility index (Phi) is 11.1. The highest BCUT2D eigenvalue weighted by Gasteiger charge is 2.50. The molecule has 16 heteroatoms. The SMILES string of the molecule is CCCCCCCCOc1ccc(-c2noc([C@@H]3CC(F)(F)CN3C(=NC(=O)OC(C)(C)C)NC(=O)O)n2)cc1C(F)(F)F. The number of likely N-dealkylation sites (tertiary alicyclic amines) is 1. The monoisotopic (exact) mass is 633 g/mol. The highest BCUT2D eigenvalue weighted by atomic mass is 19.4. The van der Waals surface area contributed by atoms with E-state index in [1.807, 2.05) is 5.32 Å². The summed E-state index contributed by atoms with van der Waals surface area (Å²) in [6.07, 6.45) is -3.06. The van der Waals surface area contributed by atoms with Crippen LogP contribution < -0.4 is 10.1 Å². The maximum absolute atomic E-state index is 14.6. The number of carboxylic acid groups (broad SMARTS) is 1. The van der Waals surface area contributed by atoms with Crippen LogP contribution in [0.2, 0.25) is 0 Å². The lowest BCUT2D eigenvalue weighted by Crippen LogP contribution is -2.45. The largest absolute Gasteiger partial charge is 0.493 e. The van der Waals surface area contributed by atoms with Crippen molar-refractivity contribution in [2.45, 2.75) is 96.4 Å². The van der Waals surface area contributed by atoms with E-state index < -0.39 is 66.3 Å². The van der Waals surface area contributed by atoms with Gasteiger partial charge in [-0.1, -0.05) is 44.2 Å². The number of carbonyl (C=O) groups excluding carboxylic acids is 1. The van der Waals surface area contributed by atoms with E-state index >= 15 is 0 Å². The zero-order chi connectivity index (χ0) is 32.7. The Labute approximate surface area is 250 Å². The predicted molar refractivity (Wildman–Crippen MR) is 147 cm³/mol. The second-order valence-corrected chi connectivity index (χ2v) is 11.3. The zero-order valence-corrected chi connectivity index (χ0v) is 24.8. The summed E-state index contributed by atoms with van der Waals surface area (Å²) in [4.78, 5) is 32.0. The van der Waals surface area contributed by atoms with Crippen LogP contribution in [0.25, 0.3) is 11.4 Å². The van der Waals surface area contributed by atoms with Crippen LogP contribution in [0, 0.1) is 0 Å². The number of carbonyl (C=O) groups is 2. The van der Waals surface area contributed by atoms with Gasteiger partial charge in [-0.25, -0.2) is 18.4 Å². The summed E-state index contributed by atoms with van der Waals surface area (Å²) in [6, 6.07) is 1.70. The molecule has 44 heavy (non-hydrogen) atoms. The van der Waals surface area contributed by atoms with Crippen molar-refractivity contribution in [3.8, 4) is 17.1 Å². The van der Waals surface area contributed by atoms with Crippen molar-refractivity contribution in [3.05, 3.63) is 29.7 Å². The molecule has 1 aromatic heterocycles. The van der Waals surface area contributed by atoms with Crippen LogP contribution in [0.15, 0.2) is 27.7 Å². The summed E-state index contributed by atoms with van der Waals surface area (Å²) in [6.45, 7) is 5.68. The Morgan fingerprint density at radius 3 is 2.48 bits per heavy atom. The Hall–Kier alpha value is -3.98. The van der Waals surface area contributed by atoms with Gasteiger partial charge in [0.1, 0.15) is 17.4 Å². The number of ether oxygens (including phenoxy) is 2. The van der Waals surface area contributed by atoms with Gasteiger partial charge in [0.15, 0.2) is 0 Å². The number of alkyl halides is 5. The number of nitrogens with zero attached hydrogens (tertiary/aromatic N) is 4. The third-order valence-electron chi connectivity index (χ3n) is 6.38. The summed E-state index contributed by atoms with van der Waals surface area (Å²) in [7, 11) is 0. The molecule has 0 spiro atoms. The Morgan fingerprint density at radius 2 is 1.84 bits per heavy atom. The molecule has 1 atom stereocenters. The third-order valence-corrected chi connectivity index (χ3v) is 6.38. The molecule has 2 aromatic rings. The molecule has 1 aromatic carbocycles. The number of aromatic nitrogens is 2. The fourth-order valence-corrected chi connectivity index (χ4v) is 4.46. The molecule has 3 rings (SSSR count). The lowest BCUT2D eigenvalue weighted by molar-refractivity contribution is -0.138. The fourth-order valence-electron chi connectivity index (χ4n) is 4.46. The first-order valence-corrected chi connectivity index (χ1v) is 14.1. The normalized spacial score (nSPS) is 17.1. The topological polar surface area (TPSA) is 139 Å². The number of hydrogen-bond donors (Lipinski definition) is 2. The van der Waals surface area contributed by atoms with Crippen LogP contribution in [0.5, 0.6) is 5.75 Å². The first kappa shape index (κ1) is 34.5. The van der Waals surface area contributed by atoms with Gasteiger partial charge in [0.25, 0.3) is 5.92 Å². The number of halogens is 5. The van der Waals surface area contributed by atoms with Gasteiger partial charge >= 0.3 is 18.4 Å². The minimum Gasteiger partial charge on any atom is -0.493 e. The van der Waals surface area contributed by atoms with E-state index in [1.165, 1.54) is 26.8 Å². The van der Waals surface area contributed by atoms with E-state index in [0.29, 0.717) is 6.42 Å². The smallest absolute Gasteiger partial charge is 0.437 e. The number of nitrogens with one attached hydrogen (secondary N) is 1. The van der Waals surface area contributed by atoms with Gasteiger partial charge in [-0.3, -0.25) is 5.32 Å². The molecule has 1 aliphatic heterocycles. The third kappa shape index (κ3) is 10.0. The van der Waals surface area contributed by atoms with Crippen LogP contribution in [-0.2, 0) is 10.9 Å². The molecule has 2 N–H and O–H groups in total. The van der Waals surface area contributed by atoms with Crippen molar-refractivity contribution in [1.29, 1.82) is 0 Å². The molecule has 2 amide bonds. The molecular formula is C28H36F5N5O6. The van der Waals surface area contributed by atoms with Gasteiger partial charge in [0.05, 0.1) is 18.7 Å². The second-order valence-electron chi connectivity index (χ2n) is 11.3. The van der Waals surface area contributed by atoms with Crippen LogP contribution in [-0.4, -0.2) is 63.0 Å². The van der Waals surface area contributed by atoms with Crippen molar-refractivity contribution in [2.75, 3.05) is 13.2 Å². The van der Waals surface area contributed by atoms with Crippen LogP contribution >= 0.6 is 0 Å². The molecule has 11 nitrogen and oxygen atoms in total. The summed E-state index contributed by atoms with van der Waals surface area (Å²) in [5.41, 5.74) is -2.21. The van der Waals surface area contributed by atoms with Crippen molar-refractivity contribution in [3.63, 3.8) is 0 Å². The lowest BCUT2D eigenvalue weighted by atomic mass is 10.1. The van der Waals surface area contributed by atoms with Gasteiger partial charge < -0.3 is 24.0 Å². The van der Waals surface area contributed by atoms with Crippen molar-refractivity contribution in [2.24, 2.45) is 4.99 Å². The number of rotatable bonds is 10. The number of guanidine groups is 1. The van der Waals surface area contributed by atoms with E-state index in [-0.39, 0.29) is 23.7 Å². The van der Waals surface area contributed by atoms with E-state index in [0.717, 1.165) is 49.1 Å². The minimum atomic E-state index is -4.78. The number of unbranched alkanes of at least 4 members (excludes halogenated alkanes) is 5. The molecule has 1 saturated heterocycles. The number of benzene rings is 1. The summed E-state index contributed by atoms with van der Waals surface area (Å²) >= 11 is 0. The predicted octanol–water partition coefficient (Wildman–Crippen LogP) is 7.44.